The molecule has 1 fully saturated rings. The molecule has 0 saturated carbocycles. The summed E-state index contributed by atoms with van der Waals surface area (Å²) in [5.74, 6) is -1.92. The second-order valence-electron chi connectivity index (χ2n) is 6.84. The number of hydrogen-bond donors (Lipinski definition) is 2. The van der Waals surface area contributed by atoms with Gasteiger partial charge in [-0.1, -0.05) is 0 Å². The minimum absolute atomic E-state index is 0.0938. The zero-order valence-electron chi connectivity index (χ0n) is 15.6. The lowest BCUT2D eigenvalue weighted by atomic mass is 9.97. The third-order valence-electron chi connectivity index (χ3n) is 4.92. The Morgan fingerprint density at radius 3 is 2.23 bits per heavy atom. The predicted molar refractivity (Wildman–Crippen MR) is 94.2 cm³/mol. The minimum Gasteiger partial charge on any atom is -0.481 e. The van der Waals surface area contributed by atoms with Gasteiger partial charge >= 0.3 is 5.97 Å². The summed E-state index contributed by atoms with van der Waals surface area (Å²) in [6.45, 7) is 5.56. The Kier molecular flexibility index (Phi) is 5.84. The van der Waals surface area contributed by atoms with E-state index in [0.29, 0.717) is 48.4 Å². The van der Waals surface area contributed by atoms with Gasteiger partial charge < -0.3 is 19.9 Å². The van der Waals surface area contributed by atoms with Crippen LogP contribution in [-0.2, 0) is 9.59 Å². The van der Waals surface area contributed by atoms with Gasteiger partial charge in [0.2, 0.25) is 5.91 Å². The predicted octanol–water partition coefficient (Wildman–Crippen LogP) is 1.23. The molecule has 0 spiro atoms. The van der Waals surface area contributed by atoms with E-state index in [1.54, 1.807) is 18.7 Å². The van der Waals surface area contributed by atoms with Crippen molar-refractivity contribution in [1.29, 1.82) is 0 Å². The van der Waals surface area contributed by atoms with Gasteiger partial charge in [0.15, 0.2) is 5.78 Å². The van der Waals surface area contributed by atoms with Gasteiger partial charge in [-0.2, -0.15) is 0 Å². The number of aryl methyl sites for hydroxylation is 1. The molecule has 1 aliphatic heterocycles. The molecule has 2 amide bonds. The maximum absolute atomic E-state index is 12.6. The highest BCUT2D eigenvalue weighted by atomic mass is 16.4. The van der Waals surface area contributed by atoms with Gasteiger partial charge in [-0.25, -0.2) is 0 Å². The maximum Gasteiger partial charge on any atom is 0.306 e. The molecule has 26 heavy (non-hydrogen) atoms. The number of carboxylic acid groups (broad SMARTS) is 1. The van der Waals surface area contributed by atoms with Crippen molar-refractivity contribution in [3.05, 3.63) is 22.5 Å². The molecule has 0 unspecified atom stereocenters. The maximum atomic E-state index is 12.6. The molecular formula is C18H25N3O5. The highest BCUT2D eigenvalue weighted by Gasteiger charge is 2.29. The van der Waals surface area contributed by atoms with E-state index < -0.39 is 11.9 Å². The fourth-order valence-corrected chi connectivity index (χ4v) is 3.43. The number of nitrogens with zero attached hydrogens (tertiary/aromatic N) is 2. The van der Waals surface area contributed by atoms with E-state index in [-0.39, 0.29) is 24.1 Å². The Hall–Kier alpha value is -2.64. The first kappa shape index (κ1) is 19.7. The van der Waals surface area contributed by atoms with Crippen molar-refractivity contribution in [3.63, 3.8) is 0 Å². The van der Waals surface area contributed by atoms with E-state index >= 15 is 0 Å². The topological polar surface area (TPSA) is 111 Å². The lowest BCUT2D eigenvalue weighted by molar-refractivity contribution is -0.145. The highest BCUT2D eigenvalue weighted by Crippen LogP contribution is 2.20. The summed E-state index contributed by atoms with van der Waals surface area (Å²) in [5, 5.41) is 9.01. The first-order chi connectivity index (χ1) is 12.1. The van der Waals surface area contributed by atoms with Crippen molar-refractivity contribution >= 4 is 23.6 Å². The standard InChI is InChI=1S/C18H25N3O5/c1-10-15(12(3)22)11(2)19-16(10)17(24)20(4)9-14(23)21-7-5-13(6-8-21)18(25)26/h13,19H,5-9H2,1-4H3,(H,25,26). The number of H-pyrrole nitrogens is 1. The number of carboxylic acids is 1. The van der Waals surface area contributed by atoms with Crippen molar-refractivity contribution in [2.45, 2.75) is 33.6 Å². The van der Waals surface area contributed by atoms with Gasteiger partial charge in [-0.15, -0.1) is 0 Å². The largest absolute Gasteiger partial charge is 0.481 e. The summed E-state index contributed by atoms with van der Waals surface area (Å²) in [4.78, 5) is 53.6. The second-order valence-corrected chi connectivity index (χ2v) is 6.84. The number of Topliss-reactive ketones (excluding diaryl/α,β-unsaturated/α-hetero) is 1. The van der Waals surface area contributed by atoms with Crippen LogP contribution in [-0.4, -0.2) is 70.1 Å². The number of nitrogens with one attached hydrogen (secondary N) is 1. The molecule has 142 valence electrons. The lowest BCUT2D eigenvalue weighted by Crippen LogP contribution is -2.45. The van der Waals surface area contributed by atoms with Crippen LogP contribution in [0, 0.1) is 19.8 Å². The molecule has 0 atom stereocenters. The monoisotopic (exact) mass is 363 g/mol. The van der Waals surface area contributed by atoms with E-state index in [1.165, 1.54) is 18.9 Å². The first-order valence-electron chi connectivity index (χ1n) is 8.59. The SMILES string of the molecule is CC(=O)c1c(C)[nH]c(C(=O)N(C)CC(=O)N2CCC(C(=O)O)CC2)c1C. The van der Waals surface area contributed by atoms with Crippen LogP contribution >= 0.6 is 0 Å². The van der Waals surface area contributed by atoms with Crippen LogP contribution in [0.15, 0.2) is 0 Å². The summed E-state index contributed by atoms with van der Waals surface area (Å²) >= 11 is 0. The summed E-state index contributed by atoms with van der Waals surface area (Å²) in [7, 11) is 1.54. The summed E-state index contributed by atoms with van der Waals surface area (Å²) in [6.07, 6.45) is 0.852. The smallest absolute Gasteiger partial charge is 0.306 e. The molecule has 0 aromatic carbocycles. The molecule has 2 heterocycles. The van der Waals surface area contributed by atoms with Gasteiger partial charge in [0.25, 0.3) is 5.91 Å². The lowest BCUT2D eigenvalue weighted by Gasteiger charge is -2.31. The van der Waals surface area contributed by atoms with Crippen LogP contribution in [0.25, 0.3) is 0 Å². The van der Waals surface area contributed by atoms with Gasteiger partial charge in [-0.3, -0.25) is 19.2 Å². The van der Waals surface area contributed by atoms with Gasteiger partial charge in [0.1, 0.15) is 5.69 Å². The van der Waals surface area contributed by atoms with E-state index in [0.717, 1.165) is 0 Å². The quantitative estimate of drug-likeness (QED) is 0.765. The molecule has 1 aromatic rings. The van der Waals surface area contributed by atoms with Gasteiger partial charge in [0.05, 0.1) is 12.5 Å². The number of piperidine rings is 1. The van der Waals surface area contributed by atoms with Crippen LogP contribution < -0.4 is 0 Å². The number of aromatic amines is 1. The molecule has 0 bridgehead atoms. The summed E-state index contributed by atoms with van der Waals surface area (Å²) in [6, 6.07) is 0. The number of aromatic nitrogens is 1. The molecular weight excluding hydrogens is 338 g/mol. The summed E-state index contributed by atoms with van der Waals surface area (Å²) < 4.78 is 0. The molecule has 1 aromatic heterocycles. The van der Waals surface area contributed by atoms with Crippen LogP contribution in [0.4, 0.5) is 0 Å². The van der Waals surface area contributed by atoms with Crippen LogP contribution in [0.3, 0.4) is 0 Å². The fraction of sp³-hybridized carbons (Fsp3) is 0.556. The normalized spacial score (nSPS) is 15.0. The number of rotatable bonds is 5. The highest BCUT2D eigenvalue weighted by molar-refractivity contribution is 6.03. The third kappa shape index (κ3) is 3.95. The Labute approximate surface area is 152 Å². The molecule has 2 N–H and O–H groups in total. The number of amides is 2. The molecule has 8 nitrogen and oxygen atoms in total. The molecule has 1 aliphatic rings. The number of ketones is 1. The minimum atomic E-state index is -0.830. The molecule has 1 saturated heterocycles. The van der Waals surface area contributed by atoms with E-state index in [9.17, 15) is 19.2 Å². The zero-order chi connectivity index (χ0) is 19.6. The Bertz CT molecular complexity index is 744. The Balaban J connectivity index is 2.01. The Morgan fingerprint density at radius 2 is 1.77 bits per heavy atom. The average molecular weight is 363 g/mol. The fourth-order valence-electron chi connectivity index (χ4n) is 3.43. The van der Waals surface area contributed by atoms with Crippen molar-refractivity contribution in [2.75, 3.05) is 26.7 Å². The number of likely N-dealkylation sites (tertiary alicyclic amines) is 1. The van der Waals surface area contributed by atoms with Crippen LogP contribution in [0.2, 0.25) is 0 Å². The van der Waals surface area contributed by atoms with Crippen molar-refractivity contribution in [3.8, 4) is 0 Å². The van der Waals surface area contributed by atoms with Crippen LogP contribution in [0.1, 0.15) is 51.9 Å². The second kappa shape index (κ2) is 7.72. The van der Waals surface area contributed by atoms with Crippen molar-refractivity contribution in [1.82, 2.24) is 14.8 Å². The zero-order valence-corrected chi connectivity index (χ0v) is 15.6. The van der Waals surface area contributed by atoms with Crippen molar-refractivity contribution < 1.29 is 24.3 Å². The summed E-state index contributed by atoms with van der Waals surface area (Å²) in [5.41, 5.74) is 2.03. The number of likely N-dealkylation sites (N-methyl/N-ethyl adjacent to an activating group) is 1. The van der Waals surface area contributed by atoms with E-state index in [2.05, 4.69) is 4.98 Å². The van der Waals surface area contributed by atoms with Crippen LogP contribution in [0.5, 0.6) is 0 Å². The number of carbonyl (C=O) groups excluding carboxylic acids is 3. The van der Waals surface area contributed by atoms with Gasteiger partial charge in [-0.05, 0) is 39.2 Å². The average Bonchev–Trinajstić information content (AvgIpc) is 2.88. The number of aliphatic carboxylic acids is 1. The number of carbonyl (C=O) groups is 4. The molecule has 2 rings (SSSR count). The van der Waals surface area contributed by atoms with E-state index in [4.69, 9.17) is 5.11 Å². The van der Waals surface area contributed by atoms with E-state index in [1.807, 2.05) is 0 Å². The third-order valence-corrected chi connectivity index (χ3v) is 4.92. The van der Waals surface area contributed by atoms with Gasteiger partial charge in [0, 0.05) is 31.4 Å². The Morgan fingerprint density at radius 1 is 1.19 bits per heavy atom. The van der Waals surface area contributed by atoms with Crippen molar-refractivity contribution in [2.24, 2.45) is 5.92 Å². The number of hydrogen-bond acceptors (Lipinski definition) is 4. The molecule has 8 heteroatoms. The molecule has 0 aliphatic carbocycles. The first-order valence-corrected chi connectivity index (χ1v) is 8.59. The molecule has 0 radical (unpaired) electrons.